The van der Waals surface area contributed by atoms with Crippen molar-refractivity contribution in [2.45, 2.75) is 5.51 Å². The average molecular weight is 288 g/mol. The molecular weight excluding hydrogens is 277 g/mol. The Morgan fingerprint density at radius 3 is 2.68 bits per heavy atom. The zero-order valence-electron chi connectivity index (χ0n) is 9.74. The second-order valence-corrected chi connectivity index (χ2v) is 4.83. The summed E-state index contributed by atoms with van der Waals surface area (Å²) in [6, 6.07) is 7.16. The van der Waals surface area contributed by atoms with Crippen molar-refractivity contribution in [2.75, 3.05) is 23.3 Å². The number of halogens is 3. The standard InChI is InChI=1S/C11H11F3N4S/c12-11(13,14)19-6-5-16-9-7-3-1-2-4-8(7)17-10(15)18-9/h1-4H,5-6H2,(H3,15,16,17,18). The van der Waals surface area contributed by atoms with Crippen LogP contribution in [0.3, 0.4) is 0 Å². The number of alkyl halides is 3. The Labute approximate surface area is 111 Å². The van der Waals surface area contributed by atoms with Crippen molar-refractivity contribution >= 4 is 34.4 Å². The summed E-state index contributed by atoms with van der Waals surface area (Å²) in [5.41, 5.74) is 1.99. The zero-order valence-corrected chi connectivity index (χ0v) is 10.6. The van der Waals surface area contributed by atoms with Gasteiger partial charge in [-0.05, 0) is 23.9 Å². The van der Waals surface area contributed by atoms with Gasteiger partial charge in [-0.1, -0.05) is 12.1 Å². The van der Waals surface area contributed by atoms with E-state index in [0.29, 0.717) is 11.3 Å². The molecule has 8 heteroatoms. The van der Waals surface area contributed by atoms with Crippen molar-refractivity contribution in [3.8, 4) is 0 Å². The normalized spacial score (nSPS) is 11.7. The van der Waals surface area contributed by atoms with Crippen LogP contribution in [0.25, 0.3) is 10.9 Å². The number of nitrogens with one attached hydrogen (secondary N) is 1. The third kappa shape index (κ3) is 3.88. The fourth-order valence-corrected chi connectivity index (χ4v) is 2.00. The average Bonchev–Trinajstić information content (AvgIpc) is 2.33. The highest BCUT2D eigenvalue weighted by molar-refractivity contribution is 8.00. The van der Waals surface area contributed by atoms with Crippen molar-refractivity contribution in [1.29, 1.82) is 0 Å². The van der Waals surface area contributed by atoms with Crippen molar-refractivity contribution < 1.29 is 13.2 Å². The quantitative estimate of drug-likeness (QED) is 0.847. The maximum atomic E-state index is 12.0. The van der Waals surface area contributed by atoms with E-state index >= 15 is 0 Å². The van der Waals surface area contributed by atoms with Gasteiger partial charge < -0.3 is 11.1 Å². The molecule has 0 aliphatic rings. The van der Waals surface area contributed by atoms with Crippen LogP contribution in [0.15, 0.2) is 24.3 Å². The Balaban J connectivity index is 2.08. The lowest BCUT2D eigenvalue weighted by atomic mass is 10.2. The zero-order chi connectivity index (χ0) is 13.9. The summed E-state index contributed by atoms with van der Waals surface area (Å²) in [6.45, 7) is 0.143. The molecule has 3 N–H and O–H groups in total. The van der Waals surface area contributed by atoms with Gasteiger partial charge in [0, 0.05) is 17.7 Å². The molecule has 0 aliphatic carbocycles. The van der Waals surface area contributed by atoms with Crippen LogP contribution < -0.4 is 11.1 Å². The van der Waals surface area contributed by atoms with Crippen molar-refractivity contribution in [2.24, 2.45) is 0 Å². The van der Waals surface area contributed by atoms with Gasteiger partial charge >= 0.3 is 5.51 Å². The fourth-order valence-electron chi connectivity index (χ4n) is 1.57. The molecule has 2 aromatic rings. The first-order valence-corrected chi connectivity index (χ1v) is 6.41. The summed E-state index contributed by atoms with van der Waals surface area (Å²) >= 11 is -0.0747. The van der Waals surface area contributed by atoms with Crippen molar-refractivity contribution in [3.63, 3.8) is 0 Å². The van der Waals surface area contributed by atoms with Gasteiger partial charge in [-0.15, -0.1) is 0 Å². The van der Waals surface area contributed by atoms with E-state index in [9.17, 15) is 13.2 Å². The molecule has 0 spiro atoms. The number of hydrogen-bond acceptors (Lipinski definition) is 5. The maximum absolute atomic E-state index is 12.0. The molecule has 0 atom stereocenters. The predicted molar refractivity (Wildman–Crippen MR) is 71.0 cm³/mol. The predicted octanol–water partition coefficient (Wildman–Crippen LogP) is 2.88. The second kappa shape index (κ2) is 5.52. The molecule has 2 rings (SSSR count). The minimum absolute atomic E-state index is 0.0747. The summed E-state index contributed by atoms with van der Waals surface area (Å²) in [6.07, 6.45) is 0. The molecule has 0 amide bonds. The van der Waals surface area contributed by atoms with Crippen LogP contribution in [0, 0.1) is 0 Å². The van der Waals surface area contributed by atoms with Gasteiger partial charge in [-0.25, -0.2) is 4.98 Å². The number of thioether (sulfide) groups is 1. The molecule has 0 saturated carbocycles. The Hall–Kier alpha value is -1.70. The van der Waals surface area contributed by atoms with E-state index < -0.39 is 5.51 Å². The van der Waals surface area contributed by atoms with Crippen LogP contribution in [0.5, 0.6) is 0 Å². The lowest BCUT2D eigenvalue weighted by molar-refractivity contribution is -0.0327. The van der Waals surface area contributed by atoms with E-state index in [1.807, 2.05) is 0 Å². The monoisotopic (exact) mass is 288 g/mol. The largest absolute Gasteiger partial charge is 0.441 e. The molecule has 1 aromatic heterocycles. The number of nitrogens with zero attached hydrogens (tertiary/aromatic N) is 2. The smallest absolute Gasteiger partial charge is 0.369 e. The minimum Gasteiger partial charge on any atom is -0.369 e. The summed E-state index contributed by atoms with van der Waals surface area (Å²) in [5, 5.41) is 3.58. The van der Waals surface area contributed by atoms with Gasteiger partial charge in [0.15, 0.2) is 0 Å². The molecule has 0 bridgehead atoms. The highest BCUT2D eigenvalue weighted by Crippen LogP contribution is 2.29. The molecule has 0 unspecified atom stereocenters. The highest BCUT2D eigenvalue weighted by atomic mass is 32.2. The molecule has 0 aliphatic heterocycles. The van der Waals surface area contributed by atoms with E-state index in [0.717, 1.165) is 5.39 Å². The number of benzene rings is 1. The number of aromatic nitrogens is 2. The van der Waals surface area contributed by atoms with Crippen molar-refractivity contribution in [1.82, 2.24) is 9.97 Å². The van der Waals surface area contributed by atoms with Gasteiger partial charge in [-0.2, -0.15) is 18.2 Å². The van der Waals surface area contributed by atoms with Gasteiger partial charge in [0.25, 0.3) is 0 Å². The Bertz CT molecular complexity index is 573. The molecule has 0 fully saturated rings. The summed E-state index contributed by atoms with van der Waals surface area (Å²) in [5.74, 6) is 0.442. The van der Waals surface area contributed by atoms with Gasteiger partial charge in [-0.3, -0.25) is 0 Å². The summed E-state index contributed by atoms with van der Waals surface area (Å²) < 4.78 is 36.0. The third-order valence-electron chi connectivity index (χ3n) is 2.28. The highest BCUT2D eigenvalue weighted by Gasteiger charge is 2.27. The number of rotatable bonds is 4. The molecule has 0 saturated heterocycles. The Morgan fingerprint density at radius 1 is 1.21 bits per heavy atom. The van der Waals surface area contributed by atoms with Crippen LogP contribution in [0.2, 0.25) is 0 Å². The fraction of sp³-hybridized carbons (Fsp3) is 0.273. The van der Waals surface area contributed by atoms with Gasteiger partial charge in [0.1, 0.15) is 5.82 Å². The number of para-hydroxylation sites is 1. The number of nitrogens with two attached hydrogens (primary N) is 1. The number of fused-ring (bicyclic) bond motifs is 1. The van der Waals surface area contributed by atoms with Crippen LogP contribution in [0.1, 0.15) is 0 Å². The number of nitrogen functional groups attached to an aromatic ring is 1. The molecule has 19 heavy (non-hydrogen) atoms. The first-order valence-electron chi connectivity index (χ1n) is 5.42. The Kier molecular flexibility index (Phi) is 3.98. The van der Waals surface area contributed by atoms with E-state index in [4.69, 9.17) is 5.73 Å². The first-order chi connectivity index (χ1) is 8.96. The van der Waals surface area contributed by atoms with E-state index in [-0.39, 0.29) is 30.0 Å². The number of anilines is 2. The number of hydrogen-bond donors (Lipinski definition) is 2. The topological polar surface area (TPSA) is 63.8 Å². The van der Waals surface area contributed by atoms with E-state index in [2.05, 4.69) is 15.3 Å². The lowest BCUT2D eigenvalue weighted by Crippen LogP contribution is -2.11. The van der Waals surface area contributed by atoms with Crippen LogP contribution in [-0.2, 0) is 0 Å². The van der Waals surface area contributed by atoms with E-state index in [1.165, 1.54) is 0 Å². The molecule has 102 valence electrons. The van der Waals surface area contributed by atoms with Gasteiger partial charge in [0.2, 0.25) is 5.95 Å². The lowest BCUT2D eigenvalue weighted by Gasteiger charge is -2.10. The Morgan fingerprint density at radius 2 is 1.95 bits per heavy atom. The summed E-state index contributed by atoms with van der Waals surface area (Å²) in [4.78, 5) is 8.05. The minimum atomic E-state index is -4.21. The van der Waals surface area contributed by atoms with Crippen LogP contribution >= 0.6 is 11.8 Å². The van der Waals surface area contributed by atoms with Crippen molar-refractivity contribution in [3.05, 3.63) is 24.3 Å². The molecular formula is C11H11F3N4S. The summed E-state index contributed by atoms with van der Waals surface area (Å²) in [7, 11) is 0. The van der Waals surface area contributed by atoms with E-state index in [1.54, 1.807) is 24.3 Å². The third-order valence-corrected chi connectivity index (χ3v) is 3.02. The van der Waals surface area contributed by atoms with Crippen LogP contribution in [0.4, 0.5) is 24.9 Å². The molecule has 1 aromatic carbocycles. The first kappa shape index (κ1) is 13.7. The second-order valence-electron chi connectivity index (χ2n) is 3.67. The molecule has 0 radical (unpaired) electrons. The molecule has 4 nitrogen and oxygen atoms in total. The maximum Gasteiger partial charge on any atom is 0.441 e. The van der Waals surface area contributed by atoms with Crippen LogP contribution in [-0.4, -0.2) is 27.8 Å². The SMILES string of the molecule is Nc1nc(NCCSC(F)(F)F)c2ccccc2n1. The van der Waals surface area contributed by atoms with Gasteiger partial charge in [0.05, 0.1) is 5.52 Å². The molecule has 1 heterocycles.